The van der Waals surface area contributed by atoms with Crippen LogP contribution in [-0.4, -0.2) is 77.6 Å². The van der Waals surface area contributed by atoms with Gasteiger partial charge in [0, 0.05) is 42.3 Å². The van der Waals surface area contributed by atoms with Gasteiger partial charge in [-0.2, -0.15) is 0 Å². The van der Waals surface area contributed by atoms with Crippen molar-refractivity contribution in [3.63, 3.8) is 0 Å². The molecule has 5 rings (SSSR count). The number of nitrogens with zero attached hydrogens (tertiary/aromatic N) is 2. The van der Waals surface area contributed by atoms with Crippen molar-refractivity contribution < 1.29 is 19.4 Å². The predicted molar refractivity (Wildman–Crippen MR) is 114 cm³/mol. The van der Waals surface area contributed by atoms with Crippen molar-refractivity contribution in [2.24, 2.45) is 0 Å². The first-order valence-electron chi connectivity index (χ1n) is 10.0. The lowest BCUT2D eigenvalue weighted by Gasteiger charge is -2.42. The highest BCUT2D eigenvalue weighted by molar-refractivity contribution is 7.99. The van der Waals surface area contributed by atoms with Gasteiger partial charge in [0.2, 0.25) is 0 Å². The van der Waals surface area contributed by atoms with Gasteiger partial charge in [-0.05, 0) is 35.4 Å². The van der Waals surface area contributed by atoms with E-state index >= 15 is 0 Å². The van der Waals surface area contributed by atoms with Gasteiger partial charge in [-0.15, -0.1) is 11.8 Å². The summed E-state index contributed by atoms with van der Waals surface area (Å²) in [5.74, 6) is 0.566. The maximum atomic E-state index is 12.9. The first-order valence-corrected chi connectivity index (χ1v) is 11.0. The first-order chi connectivity index (χ1) is 14.5. The van der Waals surface area contributed by atoms with E-state index in [1.54, 1.807) is 21.6 Å². The lowest BCUT2D eigenvalue weighted by Crippen LogP contribution is -2.64. The molecule has 156 valence electrons. The average molecular weight is 426 g/mol. The Morgan fingerprint density at radius 1 is 0.967 bits per heavy atom. The predicted octanol–water partition coefficient (Wildman–Crippen LogP) is 1.87. The molecule has 0 unspecified atom stereocenters. The van der Waals surface area contributed by atoms with Crippen LogP contribution in [0.3, 0.4) is 0 Å². The highest BCUT2D eigenvalue weighted by atomic mass is 32.2. The topological polar surface area (TPSA) is 82.1 Å². The molecule has 2 fully saturated rings. The molecule has 2 aromatic rings. The van der Waals surface area contributed by atoms with Crippen LogP contribution in [0.4, 0.5) is 5.69 Å². The third-order valence-corrected chi connectivity index (χ3v) is 6.82. The fourth-order valence-corrected chi connectivity index (χ4v) is 4.81. The molecule has 0 aliphatic carbocycles. The van der Waals surface area contributed by atoms with Crippen LogP contribution in [-0.2, 0) is 9.53 Å². The fraction of sp³-hybridized carbons (Fsp3) is 0.364. The summed E-state index contributed by atoms with van der Waals surface area (Å²) in [6.45, 7) is 1.86. The van der Waals surface area contributed by atoms with Crippen LogP contribution in [0.1, 0.15) is 10.4 Å². The zero-order valence-electron chi connectivity index (χ0n) is 16.5. The number of fused-ring (bicyclic) bond motifs is 1. The van der Waals surface area contributed by atoms with Crippen LogP contribution in [0.25, 0.3) is 11.1 Å². The highest BCUT2D eigenvalue weighted by Crippen LogP contribution is 2.36. The molecule has 0 saturated carbocycles. The summed E-state index contributed by atoms with van der Waals surface area (Å²) in [6.07, 6.45) is 0. The summed E-state index contributed by atoms with van der Waals surface area (Å²) < 4.78 is 4.96. The van der Waals surface area contributed by atoms with E-state index in [2.05, 4.69) is 23.5 Å². The molecule has 0 radical (unpaired) electrons. The van der Waals surface area contributed by atoms with Gasteiger partial charge in [-0.1, -0.05) is 18.2 Å². The van der Waals surface area contributed by atoms with Crippen molar-refractivity contribution in [2.75, 3.05) is 50.6 Å². The van der Waals surface area contributed by atoms with Crippen LogP contribution in [0, 0.1) is 0 Å². The normalized spacial score (nSPS) is 19.6. The van der Waals surface area contributed by atoms with E-state index in [0.717, 1.165) is 22.7 Å². The molecular weight excluding hydrogens is 402 g/mol. The van der Waals surface area contributed by atoms with Gasteiger partial charge < -0.3 is 25.0 Å². The standard InChI is InChI=1S/C22H23N3O4S/c26-20(24-7-9-25(10-8-24)21(27)22(28)12-29-13-22)16-3-1-15(2-4-16)17-5-6-19-18(11-17)23-14-30-19/h1-6,11,23,28H,7-10,12-14H2. The number of nitrogens with one attached hydrogen (secondary N) is 1. The zero-order valence-corrected chi connectivity index (χ0v) is 17.3. The minimum absolute atomic E-state index is 0.0358. The summed E-state index contributed by atoms with van der Waals surface area (Å²) in [6, 6.07) is 14.0. The largest absolute Gasteiger partial charge is 0.376 e. The number of amides is 2. The monoisotopic (exact) mass is 425 g/mol. The molecule has 7 nitrogen and oxygen atoms in total. The molecule has 0 atom stereocenters. The Kier molecular flexibility index (Phi) is 4.92. The smallest absolute Gasteiger partial charge is 0.259 e. The van der Waals surface area contributed by atoms with E-state index in [1.807, 2.05) is 24.3 Å². The summed E-state index contributed by atoms with van der Waals surface area (Å²) >= 11 is 1.80. The van der Waals surface area contributed by atoms with Crippen molar-refractivity contribution in [1.29, 1.82) is 0 Å². The van der Waals surface area contributed by atoms with E-state index in [4.69, 9.17) is 4.74 Å². The summed E-state index contributed by atoms with van der Waals surface area (Å²) in [5.41, 5.74) is 2.60. The molecular formula is C22H23N3O4S. The molecule has 0 aromatic heterocycles. The summed E-state index contributed by atoms with van der Waals surface area (Å²) in [5, 5.41) is 13.5. The molecule has 2 saturated heterocycles. The van der Waals surface area contributed by atoms with E-state index in [0.29, 0.717) is 31.7 Å². The minimum atomic E-state index is -1.38. The van der Waals surface area contributed by atoms with Crippen LogP contribution < -0.4 is 5.32 Å². The number of thioether (sulfide) groups is 1. The number of aliphatic hydroxyl groups is 1. The molecule has 3 heterocycles. The van der Waals surface area contributed by atoms with Crippen molar-refractivity contribution >= 4 is 29.3 Å². The molecule has 2 aromatic carbocycles. The highest BCUT2D eigenvalue weighted by Gasteiger charge is 2.46. The molecule has 2 amide bonds. The number of piperazine rings is 1. The molecule has 0 bridgehead atoms. The average Bonchev–Trinajstić information content (AvgIpc) is 3.24. The van der Waals surface area contributed by atoms with Crippen molar-refractivity contribution in [3.8, 4) is 11.1 Å². The van der Waals surface area contributed by atoms with E-state index < -0.39 is 5.60 Å². The Hall–Kier alpha value is -2.55. The lowest BCUT2D eigenvalue weighted by molar-refractivity contribution is -0.201. The molecule has 8 heteroatoms. The van der Waals surface area contributed by atoms with Crippen molar-refractivity contribution in [3.05, 3.63) is 48.0 Å². The van der Waals surface area contributed by atoms with Crippen LogP contribution >= 0.6 is 11.8 Å². The molecule has 30 heavy (non-hydrogen) atoms. The van der Waals surface area contributed by atoms with Crippen molar-refractivity contribution in [1.82, 2.24) is 9.80 Å². The Morgan fingerprint density at radius 2 is 1.63 bits per heavy atom. The number of ether oxygens (including phenoxy) is 1. The minimum Gasteiger partial charge on any atom is -0.376 e. The maximum absolute atomic E-state index is 12.9. The van der Waals surface area contributed by atoms with Gasteiger partial charge in [0.1, 0.15) is 0 Å². The third kappa shape index (κ3) is 3.45. The molecule has 3 aliphatic rings. The quantitative estimate of drug-likeness (QED) is 0.782. The SMILES string of the molecule is O=C(c1ccc(-c2ccc3c(c2)NCS3)cc1)N1CCN(C(=O)C2(O)COC2)CC1. The second-order valence-corrected chi connectivity index (χ2v) is 8.88. The van der Waals surface area contributed by atoms with Gasteiger partial charge in [0.05, 0.1) is 19.1 Å². The van der Waals surface area contributed by atoms with Gasteiger partial charge in [-0.25, -0.2) is 0 Å². The Bertz CT molecular complexity index is 982. The third-order valence-electron chi connectivity index (χ3n) is 5.87. The van der Waals surface area contributed by atoms with Crippen molar-refractivity contribution in [2.45, 2.75) is 10.5 Å². The molecule has 3 aliphatic heterocycles. The Labute approximate surface area is 179 Å². The summed E-state index contributed by atoms with van der Waals surface area (Å²) in [4.78, 5) is 29.9. The van der Waals surface area contributed by atoms with Gasteiger partial charge in [-0.3, -0.25) is 9.59 Å². The first kappa shape index (κ1) is 19.4. The van der Waals surface area contributed by atoms with Gasteiger partial charge >= 0.3 is 0 Å². The number of anilines is 1. The molecule has 2 N–H and O–H groups in total. The number of carbonyl (C=O) groups is 2. The number of carbonyl (C=O) groups excluding carboxylic acids is 2. The Morgan fingerprint density at radius 3 is 2.30 bits per heavy atom. The van der Waals surface area contributed by atoms with E-state index in [1.165, 1.54) is 4.90 Å². The van der Waals surface area contributed by atoms with E-state index in [9.17, 15) is 14.7 Å². The van der Waals surface area contributed by atoms with Gasteiger partial charge in [0.25, 0.3) is 11.8 Å². The van der Waals surface area contributed by atoms with Crippen LogP contribution in [0.15, 0.2) is 47.4 Å². The number of rotatable bonds is 3. The Balaban J connectivity index is 1.22. The second kappa shape index (κ2) is 7.61. The fourth-order valence-electron chi connectivity index (χ4n) is 3.98. The van der Waals surface area contributed by atoms with Crippen LogP contribution in [0.2, 0.25) is 0 Å². The van der Waals surface area contributed by atoms with Gasteiger partial charge in [0.15, 0.2) is 5.60 Å². The lowest BCUT2D eigenvalue weighted by atomic mass is 10.00. The zero-order chi connectivity index (χ0) is 20.7. The number of hydrogen-bond acceptors (Lipinski definition) is 6. The maximum Gasteiger partial charge on any atom is 0.259 e. The number of benzene rings is 2. The van der Waals surface area contributed by atoms with E-state index in [-0.39, 0.29) is 25.0 Å². The second-order valence-electron chi connectivity index (χ2n) is 7.86. The number of hydrogen-bond donors (Lipinski definition) is 2. The molecule has 0 spiro atoms. The van der Waals surface area contributed by atoms with Crippen LogP contribution in [0.5, 0.6) is 0 Å². The summed E-state index contributed by atoms with van der Waals surface area (Å²) in [7, 11) is 0.